The highest BCUT2D eigenvalue weighted by atomic mass is 79.9. The first-order chi connectivity index (χ1) is 12.7. The summed E-state index contributed by atoms with van der Waals surface area (Å²) in [4.78, 5) is 14.1. The number of nitriles is 1. The Morgan fingerprint density at radius 1 is 1.41 bits per heavy atom. The Morgan fingerprint density at radius 2 is 2.15 bits per heavy atom. The fourth-order valence-corrected chi connectivity index (χ4v) is 5.19. The van der Waals surface area contributed by atoms with E-state index in [0.717, 1.165) is 29.3 Å². The van der Waals surface area contributed by atoms with E-state index >= 15 is 0 Å². The average Bonchev–Trinajstić information content (AvgIpc) is 2.96. The third kappa shape index (κ3) is 4.04. The van der Waals surface area contributed by atoms with E-state index in [1.807, 2.05) is 6.07 Å². The summed E-state index contributed by atoms with van der Waals surface area (Å²) in [6.07, 6.45) is 2.94. The summed E-state index contributed by atoms with van der Waals surface area (Å²) in [7, 11) is 1.54. The van der Waals surface area contributed by atoms with Crippen LogP contribution in [0.1, 0.15) is 53.6 Å². The van der Waals surface area contributed by atoms with Crippen molar-refractivity contribution >= 4 is 38.2 Å². The Kier molecular flexibility index (Phi) is 5.64. The molecule has 1 aromatic heterocycles. The Labute approximate surface area is 172 Å². The molecule has 0 saturated carbocycles. The summed E-state index contributed by atoms with van der Waals surface area (Å²) in [6.45, 7) is 6.80. The first kappa shape index (κ1) is 19.9. The van der Waals surface area contributed by atoms with Gasteiger partial charge in [0.05, 0.1) is 18.2 Å². The maximum atomic E-state index is 12.8. The number of nitrogens with one attached hydrogen (secondary N) is 1. The van der Waals surface area contributed by atoms with Gasteiger partial charge < -0.3 is 10.1 Å². The number of hydrogen-bond donors (Lipinski definition) is 1. The number of carbonyl (C=O) groups is 1. The van der Waals surface area contributed by atoms with E-state index in [1.165, 1.54) is 12.0 Å². The molecule has 27 heavy (non-hydrogen) atoms. The van der Waals surface area contributed by atoms with Gasteiger partial charge in [0.1, 0.15) is 16.8 Å². The lowest BCUT2D eigenvalue weighted by Crippen LogP contribution is -2.26. The summed E-state index contributed by atoms with van der Waals surface area (Å²) in [5.74, 6) is 0.822. The van der Waals surface area contributed by atoms with Crippen LogP contribution in [0.2, 0.25) is 0 Å². The molecular formula is C21H23BrN2O2S. The van der Waals surface area contributed by atoms with E-state index < -0.39 is 0 Å². The van der Waals surface area contributed by atoms with E-state index in [0.29, 0.717) is 27.8 Å². The van der Waals surface area contributed by atoms with Gasteiger partial charge in [0, 0.05) is 9.35 Å². The van der Waals surface area contributed by atoms with Crippen molar-refractivity contribution in [3.05, 3.63) is 44.2 Å². The SMILES string of the molecule is COc1ccc(Br)cc1C(=O)Nc1sc2c(c1C#N)CC[C@H](C(C)(C)C)C2. The number of carbonyl (C=O) groups excluding carboxylic acids is 1. The minimum atomic E-state index is -0.268. The van der Waals surface area contributed by atoms with Gasteiger partial charge in [-0.05, 0) is 54.4 Å². The number of thiophene rings is 1. The maximum Gasteiger partial charge on any atom is 0.260 e. The standard InChI is InChI=1S/C21H23BrN2O2S/c1-21(2,3)12-5-7-14-16(11-23)20(27-18(14)9-12)24-19(25)15-10-13(22)6-8-17(15)26-4/h6,8,10,12H,5,7,9H2,1-4H3,(H,24,25)/t12-/m0/s1. The molecule has 142 valence electrons. The summed E-state index contributed by atoms with van der Waals surface area (Å²) in [5.41, 5.74) is 2.40. The number of ether oxygens (including phenoxy) is 1. The zero-order valence-corrected chi connectivity index (χ0v) is 18.4. The summed E-state index contributed by atoms with van der Waals surface area (Å²) in [6, 6.07) is 7.61. The van der Waals surface area contributed by atoms with Crippen molar-refractivity contribution in [1.29, 1.82) is 5.26 Å². The van der Waals surface area contributed by atoms with Gasteiger partial charge in [0.2, 0.25) is 0 Å². The number of methoxy groups -OCH3 is 1. The van der Waals surface area contributed by atoms with Crippen LogP contribution in [0, 0.1) is 22.7 Å². The molecule has 0 saturated heterocycles. The first-order valence-electron chi connectivity index (χ1n) is 8.94. The molecule has 1 heterocycles. The van der Waals surface area contributed by atoms with Crippen LogP contribution in [0.4, 0.5) is 5.00 Å². The lowest BCUT2D eigenvalue weighted by molar-refractivity contribution is 0.102. The summed E-state index contributed by atoms with van der Waals surface area (Å²) >= 11 is 4.93. The van der Waals surface area contributed by atoms with Gasteiger partial charge in [-0.25, -0.2) is 0 Å². The monoisotopic (exact) mass is 446 g/mol. The van der Waals surface area contributed by atoms with Crippen molar-refractivity contribution in [2.45, 2.75) is 40.0 Å². The van der Waals surface area contributed by atoms with Gasteiger partial charge in [-0.15, -0.1) is 11.3 Å². The molecule has 1 aromatic carbocycles. The number of halogens is 1. The third-order valence-corrected chi connectivity index (χ3v) is 6.90. The zero-order valence-electron chi connectivity index (χ0n) is 16.0. The van der Waals surface area contributed by atoms with Crippen molar-refractivity contribution in [3.63, 3.8) is 0 Å². The molecule has 0 unspecified atom stereocenters. The number of benzene rings is 1. The smallest absolute Gasteiger partial charge is 0.260 e. The average molecular weight is 447 g/mol. The van der Waals surface area contributed by atoms with Crippen LogP contribution in [-0.4, -0.2) is 13.0 Å². The molecule has 4 nitrogen and oxygen atoms in total. The Bertz CT molecular complexity index is 921. The van der Waals surface area contributed by atoms with Gasteiger partial charge in [-0.2, -0.15) is 5.26 Å². The van der Waals surface area contributed by atoms with Crippen LogP contribution in [0.25, 0.3) is 0 Å². The first-order valence-corrected chi connectivity index (χ1v) is 10.5. The van der Waals surface area contributed by atoms with E-state index in [-0.39, 0.29) is 11.3 Å². The van der Waals surface area contributed by atoms with Crippen molar-refractivity contribution in [2.24, 2.45) is 11.3 Å². The summed E-state index contributed by atoms with van der Waals surface area (Å²) in [5, 5.41) is 13.3. The molecule has 1 aliphatic carbocycles. The lowest BCUT2D eigenvalue weighted by atomic mass is 9.72. The molecule has 0 spiro atoms. The Hall–Kier alpha value is -1.84. The predicted octanol–water partition coefficient (Wildman–Crippen LogP) is 5.79. The molecule has 0 radical (unpaired) electrons. The number of hydrogen-bond acceptors (Lipinski definition) is 4. The largest absolute Gasteiger partial charge is 0.496 e. The van der Waals surface area contributed by atoms with E-state index in [4.69, 9.17) is 4.74 Å². The molecule has 1 amide bonds. The number of rotatable bonds is 3. The van der Waals surface area contributed by atoms with Crippen LogP contribution in [0.15, 0.2) is 22.7 Å². The fourth-order valence-electron chi connectivity index (χ4n) is 3.56. The molecule has 2 aromatic rings. The van der Waals surface area contributed by atoms with Crippen LogP contribution in [0.3, 0.4) is 0 Å². The quantitative estimate of drug-likeness (QED) is 0.648. The normalized spacial score (nSPS) is 16.4. The number of anilines is 1. The topological polar surface area (TPSA) is 62.1 Å². The second kappa shape index (κ2) is 7.65. The van der Waals surface area contributed by atoms with Gasteiger partial charge >= 0.3 is 0 Å². The van der Waals surface area contributed by atoms with E-state index in [2.05, 4.69) is 48.1 Å². The van der Waals surface area contributed by atoms with Gasteiger partial charge in [-0.3, -0.25) is 4.79 Å². The molecule has 6 heteroatoms. The molecule has 0 aliphatic heterocycles. The third-order valence-electron chi connectivity index (χ3n) is 5.24. The molecular weight excluding hydrogens is 424 g/mol. The van der Waals surface area contributed by atoms with Crippen molar-refractivity contribution in [2.75, 3.05) is 12.4 Å². The number of amides is 1. The van der Waals surface area contributed by atoms with Crippen LogP contribution in [-0.2, 0) is 12.8 Å². The zero-order chi connectivity index (χ0) is 19.8. The van der Waals surface area contributed by atoms with Gasteiger partial charge in [0.15, 0.2) is 0 Å². The van der Waals surface area contributed by atoms with E-state index in [9.17, 15) is 10.1 Å². The minimum Gasteiger partial charge on any atom is -0.496 e. The Morgan fingerprint density at radius 3 is 2.78 bits per heavy atom. The molecule has 1 aliphatic rings. The molecule has 3 rings (SSSR count). The molecule has 0 fully saturated rings. The molecule has 1 atom stereocenters. The molecule has 1 N–H and O–H groups in total. The minimum absolute atomic E-state index is 0.238. The highest BCUT2D eigenvalue weighted by molar-refractivity contribution is 9.10. The van der Waals surface area contributed by atoms with Gasteiger partial charge in [-0.1, -0.05) is 36.7 Å². The predicted molar refractivity (Wildman–Crippen MR) is 113 cm³/mol. The van der Waals surface area contributed by atoms with Gasteiger partial charge in [0.25, 0.3) is 5.91 Å². The highest BCUT2D eigenvalue weighted by Crippen LogP contribution is 2.44. The highest BCUT2D eigenvalue weighted by Gasteiger charge is 2.32. The maximum absolute atomic E-state index is 12.8. The van der Waals surface area contributed by atoms with Crippen LogP contribution >= 0.6 is 27.3 Å². The van der Waals surface area contributed by atoms with E-state index in [1.54, 1.807) is 23.5 Å². The Balaban J connectivity index is 1.91. The lowest BCUT2D eigenvalue weighted by Gasteiger charge is -2.33. The van der Waals surface area contributed by atoms with Crippen molar-refractivity contribution in [3.8, 4) is 11.8 Å². The van der Waals surface area contributed by atoms with Crippen LogP contribution in [0.5, 0.6) is 5.75 Å². The van der Waals surface area contributed by atoms with Crippen molar-refractivity contribution < 1.29 is 9.53 Å². The number of fused-ring (bicyclic) bond motifs is 1. The second-order valence-electron chi connectivity index (χ2n) is 7.92. The second-order valence-corrected chi connectivity index (χ2v) is 9.95. The van der Waals surface area contributed by atoms with Crippen molar-refractivity contribution in [1.82, 2.24) is 0 Å². The molecule has 0 bridgehead atoms. The fraction of sp³-hybridized carbons (Fsp3) is 0.429. The summed E-state index contributed by atoms with van der Waals surface area (Å²) < 4.78 is 6.10. The van der Waals surface area contributed by atoms with Crippen LogP contribution < -0.4 is 10.1 Å². The number of nitrogens with zero attached hydrogens (tertiary/aromatic N) is 1.